The number of carbonyl (C=O) groups excluding carboxylic acids is 1. The summed E-state index contributed by atoms with van der Waals surface area (Å²) < 4.78 is 25.2. The summed E-state index contributed by atoms with van der Waals surface area (Å²) in [5, 5.41) is 3.78. The van der Waals surface area contributed by atoms with E-state index in [1.165, 1.54) is 13.3 Å². The minimum atomic E-state index is -0.766. The molecule has 0 unspecified atom stereocenters. The van der Waals surface area contributed by atoms with Crippen LogP contribution in [0.25, 0.3) is 0 Å². The number of carbonyl (C=O) groups is 1. The van der Waals surface area contributed by atoms with Gasteiger partial charge in [-0.25, -0.2) is 10.4 Å². The summed E-state index contributed by atoms with van der Waals surface area (Å²) in [5.74, 6) is -0.924. The first kappa shape index (κ1) is 20.7. The van der Waals surface area contributed by atoms with Gasteiger partial charge in [-0.15, -0.1) is 0 Å². The fraction of sp³-hybridized carbons (Fsp3) is 0.0526. The Hall–Kier alpha value is -3.04. The van der Waals surface area contributed by atoms with E-state index in [-0.39, 0.29) is 22.8 Å². The first-order valence-electron chi connectivity index (χ1n) is 8.09. The number of benzene rings is 2. The second-order valence-corrected chi connectivity index (χ2v) is 6.77. The zero-order chi connectivity index (χ0) is 20.8. The maximum Gasteiger partial charge on any atom is 0.271 e. The molecule has 0 spiro atoms. The molecule has 3 aromatic rings. The van der Waals surface area contributed by atoms with Crippen LogP contribution >= 0.6 is 27.5 Å². The lowest BCUT2D eigenvalue weighted by Gasteiger charge is -2.10. The molecule has 1 heterocycles. The topological polar surface area (TPSA) is 85.7 Å². The maximum absolute atomic E-state index is 13.8. The zero-order valence-electron chi connectivity index (χ0n) is 14.9. The first-order valence-corrected chi connectivity index (χ1v) is 9.26. The molecular formula is C19H13BrClFN4O3. The van der Waals surface area contributed by atoms with Crippen LogP contribution in [0.15, 0.2) is 58.2 Å². The van der Waals surface area contributed by atoms with E-state index < -0.39 is 5.82 Å². The molecule has 2 aromatic carbocycles. The molecule has 0 aliphatic heterocycles. The largest absolute Gasteiger partial charge is 0.493 e. The van der Waals surface area contributed by atoms with Gasteiger partial charge in [-0.05, 0) is 53.6 Å². The van der Waals surface area contributed by atoms with Crippen LogP contribution in [-0.2, 0) is 0 Å². The first-order chi connectivity index (χ1) is 14.0. The van der Waals surface area contributed by atoms with E-state index >= 15 is 0 Å². The third kappa shape index (κ3) is 5.49. The van der Waals surface area contributed by atoms with Gasteiger partial charge in [0.15, 0.2) is 11.5 Å². The summed E-state index contributed by atoms with van der Waals surface area (Å²) >= 11 is 8.97. The van der Waals surface area contributed by atoms with Crippen molar-refractivity contribution in [1.82, 2.24) is 15.4 Å². The summed E-state index contributed by atoms with van der Waals surface area (Å²) in [6.07, 6.45) is 2.34. The number of methoxy groups -OCH3 is 1. The highest BCUT2D eigenvalue weighted by Crippen LogP contribution is 2.32. The van der Waals surface area contributed by atoms with Crippen molar-refractivity contribution in [1.29, 1.82) is 0 Å². The quantitative estimate of drug-likeness (QED) is 0.317. The van der Waals surface area contributed by atoms with Crippen LogP contribution in [0.4, 0.5) is 4.39 Å². The second-order valence-electron chi connectivity index (χ2n) is 5.51. The van der Waals surface area contributed by atoms with Crippen LogP contribution in [-0.4, -0.2) is 29.2 Å². The van der Waals surface area contributed by atoms with Crippen molar-refractivity contribution < 1.29 is 18.7 Å². The van der Waals surface area contributed by atoms with Crippen molar-refractivity contribution in [3.63, 3.8) is 0 Å². The number of halogens is 3. The SMILES string of the molecule is COc1cc(/C=N/NC(=O)c2cccc(Br)c2)ccc1Oc1nc(Cl)ncc1F. The van der Waals surface area contributed by atoms with Crippen molar-refractivity contribution in [3.8, 4) is 17.4 Å². The normalized spacial score (nSPS) is 10.8. The highest BCUT2D eigenvalue weighted by Gasteiger charge is 2.12. The number of nitrogens with zero attached hydrogens (tertiary/aromatic N) is 3. The second kappa shape index (κ2) is 9.44. The summed E-state index contributed by atoms with van der Waals surface area (Å²) in [6.45, 7) is 0. The maximum atomic E-state index is 13.8. The predicted molar refractivity (Wildman–Crippen MR) is 109 cm³/mol. The molecule has 7 nitrogen and oxygen atoms in total. The van der Waals surface area contributed by atoms with Gasteiger partial charge >= 0.3 is 0 Å². The van der Waals surface area contributed by atoms with E-state index in [9.17, 15) is 9.18 Å². The molecule has 0 aliphatic rings. The van der Waals surface area contributed by atoms with Gasteiger partial charge in [-0.2, -0.15) is 14.5 Å². The van der Waals surface area contributed by atoms with Crippen LogP contribution in [0.1, 0.15) is 15.9 Å². The molecule has 0 radical (unpaired) electrons. The van der Waals surface area contributed by atoms with Gasteiger partial charge in [0.1, 0.15) is 0 Å². The Morgan fingerprint density at radius 2 is 2.10 bits per heavy atom. The van der Waals surface area contributed by atoms with Crippen molar-refractivity contribution in [2.24, 2.45) is 5.10 Å². The monoisotopic (exact) mass is 478 g/mol. The summed E-state index contributed by atoms with van der Waals surface area (Å²) in [7, 11) is 1.43. The highest BCUT2D eigenvalue weighted by atomic mass is 79.9. The van der Waals surface area contributed by atoms with Crippen molar-refractivity contribution in [3.05, 3.63) is 75.4 Å². The van der Waals surface area contributed by atoms with Crippen LogP contribution in [0.5, 0.6) is 17.4 Å². The molecule has 0 fully saturated rings. The van der Waals surface area contributed by atoms with E-state index in [1.54, 1.807) is 36.4 Å². The Kier molecular flexibility index (Phi) is 6.73. The third-order valence-electron chi connectivity index (χ3n) is 3.54. The van der Waals surface area contributed by atoms with Gasteiger partial charge in [0, 0.05) is 10.0 Å². The summed E-state index contributed by atoms with van der Waals surface area (Å²) in [6, 6.07) is 11.7. The van der Waals surface area contributed by atoms with E-state index in [2.05, 4.69) is 36.4 Å². The Morgan fingerprint density at radius 3 is 2.86 bits per heavy atom. The van der Waals surface area contributed by atoms with Crippen LogP contribution in [0, 0.1) is 5.82 Å². The third-order valence-corrected chi connectivity index (χ3v) is 4.22. The molecule has 1 N–H and O–H groups in total. The van der Waals surface area contributed by atoms with Crippen molar-refractivity contribution >= 4 is 39.7 Å². The number of hydrazone groups is 1. The minimum Gasteiger partial charge on any atom is -0.493 e. The average molecular weight is 480 g/mol. The van der Waals surface area contributed by atoms with E-state index in [0.29, 0.717) is 16.9 Å². The molecule has 1 aromatic heterocycles. The lowest BCUT2D eigenvalue weighted by Crippen LogP contribution is -2.17. The molecule has 0 aliphatic carbocycles. The van der Waals surface area contributed by atoms with Gasteiger partial charge in [-0.1, -0.05) is 22.0 Å². The molecule has 0 saturated heterocycles. The Balaban J connectivity index is 1.72. The number of aromatic nitrogens is 2. The molecule has 1 amide bonds. The lowest BCUT2D eigenvalue weighted by molar-refractivity contribution is 0.0955. The van der Waals surface area contributed by atoms with Crippen molar-refractivity contribution in [2.75, 3.05) is 7.11 Å². The number of nitrogens with one attached hydrogen (secondary N) is 1. The molecule has 0 saturated carbocycles. The van der Waals surface area contributed by atoms with Crippen molar-refractivity contribution in [2.45, 2.75) is 0 Å². The molecule has 29 heavy (non-hydrogen) atoms. The van der Waals surface area contributed by atoms with Gasteiger partial charge in [0.25, 0.3) is 11.8 Å². The smallest absolute Gasteiger partial charge is 0.271 e. The Morgan fingerprint density at radius 1 is 1.28 bits per heavy atom. The molecular weight excluding hydrogens is 467 g/mol. The van der Waals surface area contributed by atoms with Gasteiger partial charge in [-0.3, -0.25) is 4.79 Å². The predicted octanol–water partition coefficient (Wildman–Crippen LogP) is 4.60. The molecule has 10 heteroatoms. The number of rotatable bonds is 6. The lowest BCUT2D eigenvalue weighted by atomic mass is 10.2. The van der Waals surface area contributed by atoms with Crippen LogP contribution in [0.2, 0.25) is 5.28 Å². The van der Waals surface area contributed by atoms with E-state index in [0.717, 1.165) is 10.7 Å². The minimum absolute atomic E-state index is 0.148. The van der Waals surface area contributed by atoms with E-state index in [1.807, 2.05) is 6.07 Å². The summed E-state index contributed by atoms with van der Waals surface area (Å²) in [4.78, 5) is 19.3. The molecule has 0 bridgehead atoms. The fourth-order valence-corrected chi connectivity index (χ4v) is 2.74. The molecule has 148 valence electrons. The van der Waals surface area contributed by atoms with Gasteiger partial charge < -0.3 is 9.47 Å². The van der Waals surface area contributed by atoms with E-state index in [4.69, 9.17) is 21.1 Å². The number of amides is 1. The Labute approximate surface area is 178 Å². The summed E-state index contributed by atoms with van der Waals surface area (Å²) in [5.41, 5.74) is 3.51. The van der Waals surface area contributed by atoms with Crippen LogP contribution < -0.4 is 14.9 Å². The standard InChI is InChI=1S/C19H13BrClFN4O3/c1-28-16-7-11(9-24-26-17(27)12-3-2-4-13(20)8-12)5-6-15(16)29-18-14(22)10-23-19(21)25-18/h2-10H,1H3,(H,26,27)/b24-9+. The van der Waals surface area contributed by atoms with Gasteiger partial charge in [0.05, 0.1) is 19.5 Å². The molecule has 3 rings (SSSR count). The van der Waals surface area contributed by atoms with Gasteiger partial charge in [0.2, 0.25) is 11.1 Å². The number of ether oxygens (including phenoxy) is 2. The highest BCUT2D eigenvalue weighted by molar-refractivity contribution is 9.10. The number of hydrogen-bond donors (Lipinski definition) is 1. The fourth-order valence-electron chi connectivity index (χ4n) is 2.22. The zero-order valence-corrected chi connectivity index (χ0v) is 17.2. The Bertz CT molecular complexity index is 1080. The average Bonchev–Trinajstić information content (AvgIpc) is 2.71. The molecule has 0 atom stereocenters. The van der Waals surface area contributed by atoms with Crippen LogP contribution in [0.3, 0.4) is 0 Å². The number of hydrogen-bond acceptors (Lipinski definition) is 6.